The van der Waals surface area contributed by atoms with Gasteiger partial charge in [-0.3, -0.25) is 9.69 Å². The fourth-order valence-corrected chi connectivity index (χ4v) is 3.18. The zero-order valence-electron chi connectivity index (χ0n) is 14.1. The SMILES string of the molecule is COc1cccc(CC(=O)NC2CCN(Cc3ccccc3)C2)c1. The number of nitrogens with one attached hydrogen (secondary N) is 1. The van der Waals surface area contributed by atoms with Gasteiger partial charge in [0.05, 0.1) is 13.5 Å². The molecule has 1 amide bonds. The van der Waals surface area contributed by atoms with E-state index < -0.39 is 0 Å². The third kappa shape index (κ3) is 4.59. The van der Waals surface area contributed by atoms with Crippen molar-refractivity contribution >= 4 is 5.91 Å². The Labute approximate surface area is 143 Å². The van der Waals surface area contributed by atoms with Gasteiger partial charge in [0, 0.05) is 25.7 Å². The van der Waals surface area contributed by atoms with Gasteiger partial charge in [-0.25, -0.2) is 0 Å². The molecule has 2 aromatic rings. The van der Waals surface area contributed by atoms with E-state index in [0.29, 0.717) is 6.42 Å². The summed E-state index contributed by atoms with van der Waals surface area (Å²) in [6, 6.07) is 18.4. The number of methoxy groups -OCH3 is 1. The molecule has 1 aliphatic rings. The molecule has 1 saturated heterocycles. The highest BCUT2D eigenvalue weighted by atomic mass is 16.5. The number of ether oxygens (including phenoxy) is 1. The molecule has 4 heteroatoms. The third-order valence-electron chi connectivity index (χ3n) is 4.39. The molecule has 0 spiro atoms. The van der Waals surface area contributed by atoms with Crippen molar-refractivity contribution in [2.45, 2.75) is 25.4 Å². The first-order valence-corrected chi connectivity index (χ1v) is 8.41. The molecule has 1 fully saturated rings. The smallest absolute Gasteiger partial charge is 0.224 e. The summed E-state index contributed by atoms with van der Waals surface area (Å²) in [6.07, 6.45) is 1.41. The molecule has 0 saturated carbocycles. The average Bonchev–Trinajstić information content (AvgIpc) is 3.02. The molecule has 1 N–H and O–H groups in total. The van der Waals surface area contributed by atoms with Crippen molar-refractivity contribution in [1.82, 2.24) is 10.2 Å². The van der Waals surface area contributed by atoms with Crippen LogP contribution >= 0.6 is 0 Å². The molecule has 2 aromatic carbocycles. The summed E-state index contributed by atoms with van der Waals surface area (Å²) >= 11 is 0. The zero-order valence-corrected chi connectivity index (χ0v) is 14.1. The zero-order chi connectivity index (χ0) is 16.8. The maximum atomic E-state index is 12.3. The van der Waals surface area contributed by atoms with E-state index in [2.05, 4.69) is 34.5 Å². The number of benzene rings is 2. The number of rotatable bonds is 6. The number of amides is 1. The van der Waals surface area contributed by atoms with E-state index in [0.717, 1.165) is 37.4 Å². The van der Waals surface area contributed by atoms with Gasteiger partial charge in [0.15, 0.2) is 0 Å². The van der Waals surface area contributed by atoms with Crippen molar-refractivity contribution in [3.05, 3.63) is 65.7 Å². The molecule has 1 unspecified atom stereocenters. The standard InChI is InChI=1S/C20H24N2O2/c1-24-19-9-5-8-17(12-19)13-20(23)21-18-10-11-22(15-18)14-16-6-3-2-4-7-16/h2-9,12,18H,10-11,13-15H2,1H3,(H,21,23). The van der Waals surface area contributed by atoms with Crippen LogP contribution in [-0.4, -0.2) is 37.0 Å². The summed E-state index contributed by atoms with van der Waals surface area (Å²) in [7, 11) is 1.64. The summed E-state index contributed by atoms with van der Waals surface area (Å²) in [6.45, 7) is 2.89. The monoisotopic (exact) mass is 324 g/mol. The van der Waals surface area contributed by atoms with E-state index in [4.69, 9.17) is 4.74 Å². The predicted molar refractivity (Wildman–Crippen MR) is 95.0 cm³/mol. The number of hydrogen-bond donors (Lipinski definition) is 1. The largest absolute Gasteiger partial charge is 0.497 e. The van der Waals surface area contributed by atoms with Gasteiger partial charge >= 0.3 is 0 Å². The first kappa shape index (κ1) is 16.5. The van der Waals surface area contributed by atoms with Crippen LogP contribution in [0.5, 0.6) is 5.75 Å². The van der Waals surface area contributed by atoms with Crippen molar-refractivity contribution < 1.29 is 9.53 Å². The van der Waals surface area contributed by atoms with Gasteiger partial charge in [-0.05, 0) is 29.7 Å². The third-order valence-corrected chi connectivity index (χ3v) is 4.39. The van der Waals surface area contributed by atoms with Crippen LogP contribution in [0.3, 0.4) is 0 Å². The number of nitrogens with zero attached hydrogens (tertiary/aromatic N) is 1. The Morgan fingerprint density at radius 1 is 1.17 bits per heavy atom. The Kier molecular flexibility index (Phi) is 5.49. The van der Waals surface area contributed by atoms with Crippen molar-refractivity contribution in [2.75, 3.05) is 20.2 Å². The van der Waals surface area contributed by atoms with Crippen molar-refractivity contribution in [1.29, 1.82) is 0 Å². The predicted octanol–water partition coefficient (Wildman–Crippen LogP) is 2.63. The second kappa shape index (κ2) is 7.97. The lowest BCUT2D eigenvalue weighted by atomic mass is 10.1. The van der Waals surface area contributed by atoms with Crippen LogP contribution < -0.4 is 10.1 Å². The molecule has 126 valence electrons. The van der Waals surface area contributed by atoms with Gasteiger partial charge < -0.3 is 10.1 Å². The van der Waals surface area contributed by atoms with E-state index >= 15 is 0 Å². The number of carbonyl (C=O) groups is 1. The minimum Gasteiger partial charge on any atom is -0.497 e. The Morgan fingerprint density at radius 3 is 2.75 bits per heavy atom. The molecule has 0 radical (unpaired) electrons. The van der Waals surface area contributed by atoms with Gasteiger partial charge in [0.25, 0.3) is 0 Å². The maximum Gasteiger partial charge on any atom is 0.224 e. The van der Waals surface area contributed by atoms with E-state index in [-0.39, 0.29) is 11.9 Å². The highest BCUT2D eigenvalue weighted by Crippen LogP contribution is 2.15. The molecule has 1 heterocycles. The molecule has 0 aromatic heterocycles. The average molecular weight is 324 g/mol. The second-order valence-corrected chi connectivity index (χ2v) is 6.30. The topological polar surface area (TPSA) is 41.6 Å². The first-order valence-electron chi connectivity index (χ1n) is 8.41. The van der Waals surface area contributed by atoms with Gasteiger partial charge in [-0.1, -0.05) is 42.5 Å². The minimum atomic E-state index is 0.0785. The Hall–Kier alpha value is -2.33. The van der Waals surface area contributed by atoms with E-state index in [1.54, 1.807) is 7.11 Å². The van der Waals surface area contributed by atoms with Crippen molar-refractivity contribution in [3.63, 3.8) is 0 Å². The summed E-state index contributed by atoms with van der Waals surface area (Å²) in [5.74, 6) is 0.866. The number of hydrogen-bond acceptors (Lipinski definition) is 3. The van der Waals surface area contributed by atoms with Crippen LogP contribution in [0.1, 0.15) is 17.5 Å². The van der Waals surface area contributed by atoms with Crippen molar-refractivity contribution in [3.8, 4) is 5.75 Å². The lowest BCUT2D eigenvalue weighted by molar-refractivity contribution is -0.121. The summed E-state index contributed by atoms with van der Waals surface area (Å²) in [5.41, 5.74) is 2.30. The highest BCUT2D eigenvalue weighted by molar-refractivity contribution is 5.79. The maximum absolute atomic E-state index is 12.3. The van der Waals surface area contributed by atoms with Gasteiger partial charge in [-0.15, -0.1) is 0 Å². The molecule has 0 bridgehead atoms. The quantitative estimate of drug-likeness (QED) is 0.888. The Bertz CT molecular complexity index is 672. The summed E-state index contributed by atoms with van der Waals surface area (Å²) in [4.78, 5) is 14.7. The molecule has 0 aliphatic carbocycles. The summed E-state index contributed by atoms with van der Waals surface area (Å²) in [5, 5.41) is 3.16. The lowest BCUT2D eigenvalue weighted by Crippen LogP contribution is -2.37. The molecule has 1 aliphatic heterocycles. The normalized spacial score (nSPS) is 17.6. The molecular formula is C20H24N2O2. The molecular weight excluding hydrogens is 300 g/mol. The molecule has 3 rings (SSSR count). The Balaban J connectivity index is 1.47. The minimum absolute atomic E-state index is 0.0785. The van der Waals surface area contributed by atoms with Crippen LogP contribution in [-0.2, 0) is 17.8 Å². The van der Waals surface area contributed by atoms with Crippen molar-refractivity contribution in [2.24, 2.45) is 0 Å². The van der Waals surface area contributed by atoms with E-state index in [9.17, 15) is 4.79 Å². The van der Waals surface area contributed by atoms with E-state index in [1.807, 2.05) is 30.3 Å². The molecule has 1 atom stereocenters. The fraction of sp³-hybridized carbons (Fsp3) is 0.350. The Morgan fingerprint density at radius 2 is 1.96 bits per heavy atom. The second-order valence-electron chi connectivity index (χ2n) is 6.30. The molecule has 24 heavy (non-hydrogen) atoms. The van der Waals surface area contributed by atoms with Crippen LogP contribution in [0.2, 0.25) is 0 Å². The number of likely N-dealkylation sites (tertiary alicyclic amines) is 1. The van der Waals surface area contributed by atoms with Gasteiger partial charge in [-0.2, -0.15) is 0 Å². The van der Waals surface area contributed by atoms with Crippen LogP contribution in [0.25, 0.3) is 0 Å². The van der Waals surface area contributed by atoms with Crippen LogP contribution in [0, 0.1) is 0 Å². The lowest BCUT2D eigenvalue weighted by Gasteiger charge is -2.17. The van der Waals surface area contributed by atoms with Gasteiger partial charge in [0.1, 0.15) is 5.75 Å². The summed E-state index contributed by atoms with van der Waals surface area (Å²) < 4.78 is 5.20. The fourth-order valence-electron chi connectivity index (χ4n) is 3.18. The van der Waals surface area contributed by atoms with E-state index in [1.165, 1.54) is 5.56 Å². The highest BCUT2D eigenvalue weighted by Gasteiger charge is 2.23. The molecule has 4 nitrogen and oxygen atoms in total. The van der Waals surface area contributed by atoms with Crippen LogP contribution in [0.4, 0.5) is 0 Å². The first-order chi connectivity index (χ1) is 11.7. The van der Waals surface area contributed by atoms with Gasteiger partial charge in [0.2, 0.25) is 5.91 Å². The number of carbonyl (C=O) groups excluding carboxylic acids is 1. The van der Waals surface area contributed by atoms with Crippen LogP contribution in [0.15, 0.2) is 54.6 Å².